The first-order valence-electron chi connectivity index (χ1n) is 10.3. The Hall–Kier alpha value is -2.25. The number of anilines is 1. The van der Waals surface area contributed by atoms with E-state index in [0.29, 0.717) is 38.2 Å². The Bertz CT molecular complexity index is 973. The Balaban J connectivity index is 0.000000479. The number of aliphatic carboxylic acids is 1. The number of unbranched alkanes of at least 4 members (excludes halogenated alkanes) is 1. The summed E-state index contributed by atoms with van der Waals surface area (Å²) in [7, 11) is -1.42. The predicted molar refractivity (Wildman–Crippen MR) is 113 cm³/mol. The first-order chi connectivity index (χ1) is 15.2. The summed E-state index contributed by atoms with van der Waals surface area (Å²) in [6.07, 6.45) is -2.94. The number of piperazine rings is 1. The molecule has 0 radical (unpaired) electrons. The van der Waals surface area contributed by atoms with Crippen LogP contribution in [0.15, 0.2) is 24.3 Å². The number of hydrogen-bond acceptors (Lipinski definition) is 5. The van der Waals surface area contributed by atoms with E-state index in [1.165, 1.54) is 12.1 Å². The van der Waals surface area contributed by atoms with Gasteiger partial charge in [0.1, 0.15) is 5.82 Å². The molecule has 33 heavy (non-hydrogen) atoms. The third-order valence-corrected chi connectivity index (χ3v) is 7.65. The van der Waals surface area contributed by atoms with Gasteiger partial charge in [-0.2, -0.15) is 17.5 Å². The molecule has 186 valence electrons. The molecule has 1 aromatic rings. The number of amides is 1. The van der Waals surface area contributed by atoms with Gasteiger partial charge in [-0.1, -0.05) is 19.4 Å². The zero-order valence-corrected chi connectivity index (χ0v) is 19.1. The molecule has 1 spiro atoms. The van der Waals surface area contributed by atoms with E-state index in [1.54, 1.807) is 21.3 Å². The summed E-state index contributed by atoms with van der Waals surface area (Å²) in [5.41, 5.74) is 0.0919. The SMILES string of the molecule is CCCCS(=O)(=O)N1CCC2(CN(c3cccc(F)c3)C(=O)CN2C)C1.O=C(O)C(F)(F)F. The van der Waals surface area contributed by atoms with Gasteiger partial charge in [0.05, 0.1) is 17.8 Å². The fraction of sp³-hybridized carbons (Fsp3) is 0.600. The van der Waals surface area contributed by atoms with E-state index in [0.717, 1.165) is 6.42 Å². The molecule has 3 rings (SSSR count). The van der Waals surface area contributed by atoms with E-state index >= 15 is 0 Å². The lowest BCUT2D eigenvalue weighted by molar-refractivity contribution is -0.192. The zero-order chi connectivity index (χ0) is 25.0. The van der Waals surface area contributed by atoms with Crippen LogP contribution >= 0.6 is 0 Å². The number of halogens is 4. The van der Waals surface area contributed by atoms with Crippen molar-refractivity contribution in [2.24, 2.45) is 0 Å². The lowest BCUT2D eigenvalue weighted by atomic mass is 9.92. The van der Waals surface area contributed by atoms with Gasteiger partial charge in [0.2, 0.25) is 15.9 Å². The fourth-order valence-corrected chi connectivity index (χ4v) is 5.51. The molecule has 2 aliphatic heterocycles. The van der Waals surface area contributed by atoms with Gasteiger partial charge >= 0.3 is 12.1 Å². The lowest BCUT2D eigenvalue weighted by Crippen LogP contribution is -2.64. The molecule has 2 fully saturated rings. The summed E-state index contributed by atoms with van der Waals surface area (Å²) < 4.78 is 72.0. The maximum absolute atomic E-state index is 13.6. The maximum atomic E-state index is 13.6. The minimum atomic E-state index is -5.08. The average molecular weight is 498 g/mol. The molecule has 0 bridgehead atoms. The molecule has 2 aliphatic rings. The van der Waals surface area contributed by atoms with Crippen molar-refractivity contribution in [2.45, 2.75) is 37.9 Å². The van der Waals surface area contributed by atoms with Crippen molar-refractivity contribution >= 4 is 27.6 Å². The molecule has 1 N–H and O–H groups in total. The molecule has 2 heterocycles. The molecule has 2 saturated heterocycles. The zero-order valence-electron chi connectivity index (χ0n) is 18.3. The Morgan fingerprint density at radius 1 is 1.24 bits per heavy atom. The topological polar surface area (TPSA) is 98.2 Å². The average Bonchev–Trinajstić information content (AvgIpc) is 3.15. The van der Waals surface area contributed by atoms with E-state index in [-0.39, 0.29) is 18.2 Å². The number of hydrogen-bond donors (Lipinski definition) is 1. The van der Waals surface area contributed by atoms with Gasteiger partial charge in [-0.05, 0) is 38.1 Å². The second kappa shape index (κ2) is 10.3. The third-order valence-electron chi connectivity index (χ3n) is 5.74. The molecule has 0 aliphatic carbocycles. The maximum Gasteiger partial charge on any atom is 0.490 e. The van der Waals surface area contributed by atoms with Crippen LogP contribution in [-0.2, 0) is 19.6 Å². The Labute approximate surface area is 189 Å². The molecule has 1 amide bonds. The van der Waals surface area contributed by atoms with Crippen molar-refractivity contribution in [3.63, 3.8) is 0 Å². The highest BCUT2D eigenvalue weighted by atomic mass is 32.2. The van der Waals surface area contributed by atoms with Crippen LogP contribution in [0.1, 0.15) is 26.2 Å². The van der Waals surface area contributed by atoms with E-state index < -0.39 is 33.5 Å². The number of alkyl halides is 3. The van der Waals surface area contributed by atoms with E-state index in [2.05, 4.69) is 0 Å². The Kier molecular flexibility index (Phi) is 8.47. The molecule has 0 saturated carbocycles. The normalized spacial score (nSPS) is 22.4. The van der Waals surface area contributed by atoms with Gasteiger partial charge in [0.15, 0.2) is 0 Å². The fourth-order valence-electron chi connectivity index (χ4n) is 3.79. The van der Waals surface area contributed by atoms with Crippen molar-refractivity contribution in [2.75, 3.05) is 43.9 Å². The third kappa shape index (κ3) is 6.64. The van der Waals surface area contributed by atoms with Gasteiger partial charge in [-0.25, -0.2) is 17.6 Å². The summed E-state index contributed by atoms with van der Waals surface area (Å²) in [5, 5.41) is 7.12. The Morgan fingerprint density at radius 2 is 1.88 bits per heavy atom. The van der Waals surface area contributed by atoms with Crippen LogP contribution in [0.25, 0.3) is 0 Å². The predicted octanol–water partition coefficient (Wildman–Crippen LogP) is 2.31. The smallest absolute Gasteiger partial charge is 0.475 e. The van der Waals surface area contributed by atoms with Crippen molar-refractivity contribution in [1.29, 1.82) is 0 Å². The summed E-state index contributed by atoms with van der Waals surface area (Å²) >= 11 is 0. The van der Waals surface area contributed by atoms with Crippen molar-refractivity contribution in [3.8, 4) is 0 Å². The van der Waals surface area contributed by atoms with Crippen molar-refractivity contribution in [3.05, 3.63) is 30.1 Å². The van der Waals surface area contributed by atoms with Crippen molar-refractivity contribution < 1.29 is 40.7 Å². The number of benzene rings is 1. The van der Waals surface area contributed by atoms with Crippen LogP contribution in [0.3, 0.4) is 0 Å². The second-order valence-electron chi connectivity index (χ2n) is 8.10. The summed E-state index contributed by atoms with van der Waals surface area (Å²) in [4.78, 5) is 24.9. The minimum absolute atomic E-state index is 0.101. The quantitative estimate of drug-likeness (QED) is 0.627. The number of sulfonamides is 1. The van der Waals surface area contributed by atoms with E-state index in [9.17, 15) is 30.8 Å². The highest BCUT2D eigenvalue weighted by molar-refractivity contribution is 7.89. The molecule has 0 aromatic heterocycles. The van der Waals surface area contributed by atoms with Crippen LogP contribution in [0.5, 0.6) is 0 Å². The summed E-state index contributed by atoms with van der Waals surface area (Å²) in [6.45, 7) is 3.36. The Morgan fingerprint density at radius 3 is 2.42 bits per heavy atom. The molecular formula is C20H27F4N3O5S. The van der Waals surface area contributed by atoms with Gasteiger partial charge in [-0.15, -0.1) is 0 Å². The second-order valence-corrected chi connectivity index (χ2v) is 10.2. The molecule has 1 aromatic carbocycles. The first-order valence-corrected chi connectivity index (χ1v) is 11.9. The van der Waals surface area contributed by atoms with Crippen LogP contribution in [0.2, 0.25) is 0 Å². The number of carbonyl (C=O) groups excluding carboxylic acids is 1. The van der Waals surface area contributed by atoms with Crippen LogP contribution in [0.4, 0.5) is 23.2 Å². The number of carbonyl (C=O) groups is 2. The highest BCUT2D eigenvalue weighted by Gasteiger charge is 2.50. The number of rotatable bonds is 5. The molecule has 1 atom stereocenters. The largest absolute Gasteiger partial charge is 0.490 e. The minimum Gasteiger partial charge on any atom is -0.475 e. The van der Waals surface area contributed by atoms with Crippen LogP contribution < -0.4 is 4.90 Å². The van der Waals surface area contributed by atoms with Gasteiger partial charge in [0.25, 0.3) is 0 Å². The molecule has 1 unspecified atom stereocenters. The highest BCUT2D eigenvalue weighted by Crippen LogP contribution is 2.34. The number of carboxylic acid groups (broad SMARTS) is 1. The number of nitrogens with zero attached hydrogens (tertiary/aromatic N) is 3. The van der Waals surface area contributed by atoms with Crippen LogP contribution in [-0.4, -0.2) is 85.3 Å². The molecule has 13 heteroatoms. The lowest BCUT2D eigenvalue weighted by Gasteiger charge is -2.46. The standard InChI is InChI=1S/C18H26FN3O3S.C2HF3O2/c1-3-4-10-26(24,25)21-9-8-18(13-21)14-22(17(23)12-20(18)2)16-7-5-6-15(19)11-16;3-2(4,5)1(6)7/h5-7,11H,3-4,8-10,12-14H2,1-2H3;(H,6,7). The van der Waals surface area contributed by atoms with Gasteiger partial charge in [-0.3, -0.25) is 9.69 Å². The first kappa shape index (κ1) is 27.0. The molecular weight excluding hydrogens is 470 g/mol. The van der Waals surface area contributed by atoms with Gasteiger partial charge < -0.3 is 10.0 Å². The number of carboxylic acids is 1. The number of likely N-dealkylation sites (N-methyl/N-ethyl adjacent to an activating group) is 1. The summed E-state index contributed by atoms with van der Waals surface area (Å²) in [5.74, 6) is -3.09. The van der Waals surface area contributed by atoms with Gasteiger partial charge in [0, 0.05) is 25.3 Å². The monoisotopic (exact) mass is 497 g/mol. The summed E-state index contributed by atoms with van der Waals surface area (Å²) in [6, 6.07) is 5.99. The van der Waals surface area contributed by atoms with Crippen LogP contribution in [0, 0.1) is 5.82 Å². The van der Waals surface area contributed by atoms with E-state index in [4.69, 9.17) is 9.90 Å². The van der Waals surface area contributed by atoms with E-state index in [1.807, 2.05) is 18.9 Å². The van der Waals surface area contributed by atoms with Crippen molar-refractivity contribution in [1.82, 2.24) is 9.21 Å². The molecule has 8 nitrogen and oxygen atoms in total.